The van der Waals surface area contributed by atoms with Crippen molar-refractivity contribution in [3.63, 3.8) is 0 Å². The van der Waals surface area contributed by atoms with Crippen LogP contribution in [0.5, 0.6) is 0 Å². The number of halogens is 2. The average molecular weight is 461 g/mol. The van der Waals surface area contributed by atoms with Crippen molar-refractivity contribution in [2.45, 2.75) is 31.7 Å². The van der Waals surface area contributed by atoms with E-state index in [2.05, 4.69) is 36.2 Å². The minimum atomic E-state index is 0.0231. The van der Waals surface area contributed by atoms with Crippen molar-refractivity contribution in [2.75, 3.05) is 30.8 Å². The number of hydrogen-bond acceptors (Lipinski definition) is 3. The van der Waals surface area contributed by atoms with Crippen LogP contribution in [-0.4, -0.2) is 42.7 Å². The zero-order chi connectivity index (χ0) is 21.1. The van der Waals surface area contributed by atoms with E-state index < -0.39 is 0 Å². The number of benzene rings is 2. The fourth-order valence-electron chi connectivity index (χ4n) is 4.26. The molecule has 0 aromatic heterocycles. The molecule has 0 bridgehead atoms. The van der Waals surface area contributed by atoms with Gasteiger partial charge in [0.25, 0.3) is 5.91 Å². The van der Waals surface area contributed by atoms with Crippen LogP contribution in [0.1, 0.15) is 30.4 Å². The fraction of sp³-hybridized carbons (Fsp3) is 0.375. The van der Waals surface area contributed by atoms with Gasteiger partial charge in [-0.2, -0.15) is 0 Å². The molecule has 2 aromatic rings. The van der Waals surface area contributed by atoms with Crippen molar-refractivity contribution in [1.82, 2.24) is 4.90 Å². The van der Waals surface area contributed by atoms with Crippen molar-refractivity contribution >= 4 is 52.6 Å². The summed E-state index contributed by atoms with van der Waals surface area (Å²) < 4.78 is 0. The van der Waals surface area contributed by atoms with Crippen LogP contribution >= 0.6 is 35.0 Å². The Labute approximate surface area is 193 Å². The van der Waals surface area contributed by atoms with Crippen molar-refractivity contribution in [3.05, 3.63) is 68.5 Å². The van der Waals surface area contributed by atoms with E-state index in [1.54, 1.807) is 28.8 Å². The van der Waals surface area contributed by atoms with Crippen LogP contribution in [0.4, 0.5) is 5.69 Å². The van der Waals surface area contributed by atoms with Gasteiger partial charge < -0.3 is 9.80 Å². The summed E-state index contributed by atoms with van der Waals surface area (Å²) in [5, 5.41) is 0.963. The van der Waals surface area contributed by atoms with Crippen LogP contribution in [0.2, 0.25) is 10.0 Å². The topological polar surface area (TPSA) is 23.6 Å². The summed E-state index contributed by atoms with van der Waals surface area (Å²) in [6.45, 7) is 1.86. The van der Waals surface area contributed by atoms with Crippen LogP contribution in [0.3, 0.4) is 0 Å². The molecule has 2 fully saturated rings. The number of aryl methyl sites for hydroxylation is 1. The predicted octanol–water partition coefficient (Wildman–Crippen LogP) is 6.14. The molecule has 1 atom stereocenters. The second-order valence-corrected chi connectivity index (χ2v) is 9.88. The van der Waals surface area contributed by atoms with E-state index >= 15 is 0 Å². The molecule has 3 nitrogen and oxygen atoms in total. The molecule has 2 aromatic carbocycles. The molecular weight excluding hydrogens is 435 g/mol. The Bertz CT molecular complexity index is 962. The van der Waals surface area contributed by atoms with Gasteiger partial charge in [0.15, 0.2) is 0 Å². The number of nitrogens with zero attached hydrogens (tertiary/aromatic N) is 2. The van der Waals surface area contributed by atoms with Gasteiger partial charge in [-0.25, -0.2) is 0 Å². The van der Waals surface area contributed by atoms with Crippen molar-refractivity contribution in [3.8, 4) is 0 Å². The van der Waals surface area contributed by atoms with Gasteiger partial charge in [-0.05, 0) is 74.7 Å². The number of rotatable bonds is 5. The van der Waals surface area contributed by atoms with E-state index in [0.717, 1.165) is 34.8 Å². The molecule has 2 saturated heterocycles. The Morgan fingerprint density at radius 1 is 1.13 bits per heavy atom. The summed E-state index contributed by atoms with van der Waals surface area (Å²) in [7, 11) is 2.22. The highest BCUT2D eigenvalue weighted by molar-refractivity contribution is 8.04. The van der Waals surface area contributed by atoms with Crippen molar-refractivity contribution in [1.29, 1.82) is 0 Å². The lowest BCUT2D eigenvalue weighted by Gasteiger charge is -2.28. The highest BCUT2D eigenvalue weighted by atomic mass is 35.5. The Balaban J connectivity index is 1.53. The summed E-state index contributed by atoms with van der Waals surface area (Å²) in [5.74, 6) is 0.877. The molecule has 158 valence electrons. The van der Waals surface area contributed by atoms with Crippen LogP contribution in [-0.2, 0) is 11.2 Å². The largest absolute Gasteiger partial charge is 0.307 e. The summed E-state index contributed by atoms with van der Waals surface area (Å²) in [5.41, 5.74) is 3.24. The molecule has 1 unspecified atom stereocenters. The van der Waals surface area contributed by atoms with E-state index in [-0.39, 0.29) is 5.91 Å². The molecular formula is C24H26Cl2N2OS. The number of hydrogen-bond donors (Lipinski definition) is 0. The van der Waals surface area contributed by atoms with E-state index in [9.17, 15) is 4.79 Å². The van der Waals surface area contributed by atoms with Gasteiger partial charge in [0, 0.05) is 24.0 Å². The SMILES string of the molecule is CN1CCCC1CCc1ccccc1C=C1SCCN(c2ccc(Cl)c(Cl)c2)C1=O. The molecule has 4 rings (SSSR count). The van der Waals surface area contributed by atoms with E-state index in [1.165, 1.54) is 24.9 Å². The first-order chi connectivity index (χ1) is 14.5. The molecule has 0 spiro atoms. The lowest BCUT2D eigenvalue weighted by Crippen LogP contribution is -2.37. The first-order valence-electron chi connectivity index (χ1n) is 10.4. The van der Waals surface area contributed by atoms with Gasteiger partial charge >= 0.3 is 0 Å². The quantitative estimate of drug-likeness (QED) is 0.500. The molecule has 0 aliphatic carbocycles. The third-order valence-corrected chi connectivity index (χ3v) is 7.73. The molecule has 2 aliphatic heterocycles. The van der Waals surface area contributed by atoms with Crippen LogP contribution in [0, 0.1) is 0 Å². The van der Waals surface area contributed by atoms with Gasteiger partial charge in [0.2, 0.25) is 0 Å². The summed E-state index contributed by atoms with van der Waals surface area (Å²) in [4.78, 5) is 18.2. The number of likely N-dealkylation sites (tertiary alicyclic amines) is 1. The number of carbonyl (C=O) groups is 1. The maximum Gasteiger partial charge on any atom is 0.264 e. The van der Waals surface area contributed by atoms with E-state index in [4.69, 9.17) is 23.2 Å². The van der Waals surface area contributed by atoms with Gasteiger partial charge in [-0.15, -0.1) is 11.8 Å². The second-order valence-electron chi connectivity index (χ2n) is 7.93. The Hall–Kier alpha value is -1.46. The first-order valence-corrected chi connectivity index (χ1v) is 12.2. The number of anilines is 1. The van der Waals surface area contributed by atoms with Crippen molar-refractivity contribution in [2.24, 2.45) is 0 Å². The lowest BCUT2D eigenvalue weighted by atomic mass is 9.99. The van der Waals surface area contributed by atoms with E-state index in [0.29, 0.717) is 22.6 Å². The zero-order valence-electron chi connectivity index (χ0n) is 17.1. The second kappa shape index (κ2) is 9.78. The van der Waals surface area contributed by atoms with Crippen LogP contribution < -0.4 is 4.90 Å². The molecule has 30 heavy (non-hydrogen) atoms. The molecule has 2 heterocycles. The van der Waals surface area contributed by atoms with Gasteiger partial charge in [0.1, 0.15) is 0 Å². The molecule has 0 radical (unpaired) electrons. The molecule has 2 aliphatic rings. The lowest BCUT2D eigenvalue weighted by molar-refractivity contribution is -0.114. The Morgan fingerprint density at radius 3 is 2.73 bits per heavy atom. The first kappa shape index (κ1) is 21.8. The van der Waals surface area contributed by atoms with Crippen molar-refractivity contribution < 1.29 is 4.79 Å². The Morgan fingerprint density at radius 2 is 1.97 bits per heavy atom. The fourth-order valence-corrected chi connectivity index (χ4v) is 5.49. The maximum absolute atomic E-state index is 13.2. The number of thioether (sulfide) groups is 1. The molecule has 0 N–H and O–H groups in total. The predicted molar refractivity (Wildman–Crippen MR) is 130 cm³/mol. The summed E-state index contributed by atoms with van der Waals surface area (Å²) >= 11 is 13.8. The van der Waals surface area contributed by atoms with Crippen LogP contribution in [0.15, 0.2) is 47.4 Å². The monoisotopic (exact) mass is 460 g/mol. The van der Waals surface area contributed by atoms with Gasteiger partial charge in [-0.1, -0.05) is 47.5 Å². The van der Waals surface area contributed by atoms with Crippen LogP contribution in [0.25, 0.3) is 6.08 Å². The zero-order valence-corrected chi connectivity index (χ0v) is 19.4. The number of amides is 1. The average Bonchev–Trinajstić information content (AvgIpc) is 3.16. The molecule has 1 amide bonds. The molecule has 6 heteroatoms. The number of carbonyl (C=O) groups excluding carboxylic acids is 1. The molecule has 0 saturated carbocycles. The minimum absolute atomic E-state index is 0.0231. The maximum atomic E-state index is 13.2. The summed E-state index contributed by atoms with van der Waals surface area (Å²) in [6, 6.07) is 14.5. The standard InChI is InChI=1S/C24H26Cl2N2OS/c1-27-12-4-7-19(27)9-8-17-5-2-3-6-18(17)15-23-24(29)28(13-14-30-23)20-10-11-21(25)22(26)16-20/h2-3,5-6,10-11,15-16,19H,4,7-9,12-14H2,1H3. The third-order valence-electron chi connectivity index (χ3n) is 6.00. The summed E-state index contributed by atoms with van der Waals surface area (Å²) in [6.07, 6.45) is 6.83. The third kappa shape index (κ3) is 4.88. The van der Waals surface area contributed by atoms with E-state index in [1.807, 2.05) is 12.1 Å². The Kier molecular flexibility index (Phi) is 7.09. The van der Waals surface area contributed by atoms with Gasteiger partial charge in [-0.3, -0.25) is 4.79 Å². The minimum Gasteiger partial charge on any atom is -0.307 e. The normalized spacial score (nSPS) is 21.6. The van der Waals surface area contributed by atoms with Gasteiger partial charge in [0.05, 0.1) is 15.0 Å². The smallest absolute Gasteiger partial charge is 0.264 e. The highest BCUT2D eigenvalue weighted by Crippen LogP contribution is 2.33. The highest BCUT2D eigenvalue weighted by Gasteiger charge is 2.26.